The van der Waals surface area contributed by atoms with Crippen molar-refractivity contribution in [3.05, 3.63) is 35.4 Å². The lowest BCUT2D eigenvalue weighted by Gasteiger charge is -2.18. The molecule has 0 aliphatic heterocycles. The molecule has 0 N–H and O–H groups in total. The van der Waals surface area contributed by atoms with Gasteiger partial charge in [-0.25, -0.2) is 4.79 Å². The minimum absolute atomic E-state index is 0.0646. The second-order valence-corrected chi connectivity index (χ2v) is 4.56. The predicted octanol–water partition coefficient (Wildman–Crippen LogP) is 2.66. The van der Waals surface area contributed by atoms with Crippen LogP contribution in [-0.2, 0) is 10.2 Å². The molecule has 0 unspecified atom stereocenters. The molecular formula is C13H15NO2. The molecular weight excluding hydrogens is 202 g/mol. The summed E-state index contributed by atoms with van der Waals surface area (Å²) in [7, 11) is 0. The normalized spacial score (nSPS) is 10.6. The number of benzene rings is 1. The lowest BCUT2D eigenvalue weighted by atomic mass is 9.87. The van der Waals surface area contributed by atoms with Crippen molar-refractivity contribution in [3.8, 4) is 6.07 Å². The third kappa shape index (κ3) is 3.09. The van der Waals surface area contributed by atoms with Gasteiger partial charge in [-0.05, 0) is 23.1 Å². The van der Waals surface area contributed by atoms with Crippen molar-refractivity contribution in [2.75, 3.05) is 6.61 Å². The fraction of sp³-hybridized carbons (Fsp3) is 0.385. The van der Waals surface area contributed by atoms with Gasteiger partial charge in [0.15, 0.2) is 6.61 Å². The second-order valence-electron chi connectivity index (χ2n) is 4.56. The molecule has 0 amide bonds. The van der Waals surface area contributed by atoms with Crippen LogP contribution in [0.15, 0.2) is 24.3 Å². The van der Waals surface area contributed by atoms with Crippen LogP contribution >= 0.6 is 0 Å². The highest BCUT2D eigenvalue weighted by atomic mass is 16.5. The Bertz CT molecular complexity index is 407. The number of nitriles is 1. The van der Waals surface area contributed by atoms with Crippen LogP contribution in [0.4, 0.5) is 0 Å². The molecule has 0 heterocycles. The van der Waals surface area contributed by atoms with Crippen molar-refractivity contribution < 1.29 is 9.53 Å². The zero-order valence-corrected chi connectivity index (χ0v) is 9.78. The molecule has 1 rings (SSSR count). The van der Waals surface area contributed by atoms with E-state index in [1.54, 1.807) is 18.2 Å². The first-order valence-electron chi connectivity index (χ1n) is 5.10. The number of rotatable bonds is 2. The number of ether oxygens (including phenoxy) is 1. The van der Waals surface area contributed by atoms with Crippen molar-refractivity contribution in [2.24, 2.45) is 0 Å². The van der Waals surface area contributed by atoms with Crippen molar-refractivity contribution in [1.82, 2.24) is 0 Å². The molecule has 0 aromatic heterocycles. The van der Waals surface area contributed by atoms with Crippen LogP contribution in [0.2, 0.25) is 0 Å². The van der Waals surface area contributed by atoms with Crippen LogP contribution < -0.4 is 0 Å². The molecule has 0 bridgehead atoms. The quantitative estimate of drug-likeness (QED) is 0.715. The van der Waals surface area contributed by atoms with E-state index >= 15 is 0 Å². The molecule has 16 heavy (non-hydrogen) atoms. The van der Waals surface area contributed by atoms with E-state index in [2.05, 4.69) is 20.8 Å². The van der Waals surface area contributed by atoms with Gasteiger partial charge in [-0.3, -0.25) is 0 Å². The van der Waals surface area contributed by atoms with Gasteiger partial charge in [0.2, 0.25) is 0 Å². The molecule has 84 valence electrons. The van der Waals surface area contributed by atoms with Crippen LogP contribution in [0.5, 0.6) is 0 Å². The minimum atomic E-state index is -0.456. The smallest absolute Gasteiger partial charge is 0.339 e. The number of esters is 1. The Labute approximate surface area is 95.7 Å². The van der Waals surface area contributed by atoms with Gasteiger partial charge in [-0.15, -0.1) is 0 Å². The monoisotopic (exact) mass is 217 g/mol. The summed E-state index contributed by atoms with van der Waals surface area (Å²) in [6, 6.07) is 9.02. The Hall–Kier alpha value is -1.82. The van der Waals surface area contributed by atoms with E-state index in [1.165, 1.54) is 0 Å². The third-order valence-corrected chi connectivity index (χ3v) is 2.25. The highest BCUT2D eigenvalue weighted by Crippen LogP contribution is 2.22. The van der Waals surface area contributed by atoms with Gasteiger partial charge in [-0.1, -0.05) is 32.9 Å². The zero-order chi connectivity index (χ0) is 12.2. The fourth-order valence-corrected chi connectivity index (χ4v) is 1.29. The van der Waals surface area contributed by atoms with E-state index in [0.29, 0.717) is 5.56 Å². The molecule has 0 fully saturated rings. The lowest BCUT2D eigenvalue weighted by Crippen LogP contribution is -2.12. The molecule has 0 saturated heterocycles. The summed E-state index contributed by atoms with van der Waals surface area (Å²) in [6.07, 6.45) is 0. The molecule has 1 aromatic rings. The Balaban J connectivity index is 2.80. The second kappa shape index (κ2) is 4.80. The largest absolute Gasteiger partial charge is 0.447 e. The maximum atomic E-state index is 11.4. The standard InChI is InChI=1S/C13H15NO2/c1-13(2,3)11-6-4-10(5-7-11)12(15)16-9-8-14/h4-7H,9H2,1-3H3. The highest BCUT2D eigenvalue weighted by molar-refractivity contribution is 5.89. The van der Waals surface area contributed by atoms with Gasteiger partial charge in [0.25, 0.3) is 0 Å². The van der Waals surface area contributed by atoms with Crippen molar-refractivity contribution in [1.29, 1.82) is 5.26 Å². The summed E-state index contributed by atoms with van der Waals surface area (Å²) >= 11 is 0. The van der Waals surface area contributed by atoms with Gasteiger partial charge in [0.1, 0.15) is 6.07 Å². The van der Waals surface area contributed by atoms with Gasteiger partial charge >= 0.3 is 5.97 Å². The van der Waals surface area contributed by atoms with Gasteiger partial charge in [0.05, 0.1) is 5.56 Å². The number of hydrogen-bond acceptors (Lipinski definition) is 3. The number of carbonyl (C=O) groups is 1. The molecule has 0 radical (unpaired) electrons. The van der Waals surface area contributed by atoms with E-state index in [4.69, 9.17) is 10.00 Å². The minimum Gasteiger partial charge on any atom is -0.447 e. The van der Waals surface area contributed by atoms with E-state index in [0.717, 1.165) is 5.56 Å². The van der Waals surface area contributed by atoms with Gasteiger partial charge in [0, 0.05) is 0 Å². The maximum Gasteiger partial charge on any atom is 0.339 e. The number of hydrogen-bond donors (Lipinski definition) is 0. The molecule has 0 atom stereocenters. The van der Waals surface area contributed by atoms with E-state index in [1.807, 2.05) is 12.1 Å². The summed E-state index contributed by atoms with van der Waals surface area (Å²) in [5.74, 6) is -0.456. The fourth-order valence-electron chi connectivity index (χ4n) is 1.29. The average Bonchev–Trinajstić information content (AvgIpc) is 2.25. The summed E-state index contributed by atoms with van der Waals surface area (Å²) in [6.45, 7) is 6.11. The van der Waals surface area contributed by atoms with E-state index in [-0.39, 0.29) is 12.0 Å². The van der Waals surface area contributed by atoms with Crippen LogP contribution in [0.25, 0.3) is 0 Å². The SMILES string of the molecule is CC(C)(C)c1ccc(C(=O)OCC#N)cc1. The Kier molecular flexibility index (Phi) is 3.68. The van der Waals surface area contributed by atoms with E-state index in [9.17, 15) is 4.79 Å². The van der Waals surface area contributed by atoms with Crippen LogP contribution in [0, 0.1) is 11.3 Å². The molecule has 3 heteroatoms. The summed E-state index contributed by atoms with van der Waals surface area (Å²) in [5, 5.41) is 8.29. The topological polar surface area (TPSA) is 50.1 Å². The molecule has 0 saturated carbocycles. The van der Waals surface area contributed by atoms with Crippen molar-refractivity contribution in [2.45, 2.75) is 26.2 Å². The van der Waals surface area contributed by atoms with Crippen molar-refractivity contribution >= 4 is 5.97 Å². The highest BCUT2D eigenvalue weighted by Gasteiger charge is 2.14. The van der Waals surface area contributed by atoms with Gasteiger partial charge < -0.3 is 4.74 Å². The number of nitrogens with zero attached hydrogens (tertiary/aromatic N) is 1. The maximum absolute atomic E-state index is 11.4. The molecule has 1 aromatic carbocycles. The lowest BCUT2D eigenvalue weighted by molar-refractivity contribution is 0.0555. The van der Waals surface area contributed by atoms with Gasteiger partial charge in [-0.2, -0.15) is 5.26 Å². The van der Waals surface area contributed by atoms with Crippen LogP contribution in [-0.4, -0.2) is 12.6 Å². The first-order chi connectivity index (χ1) is 7.45. The van der Waals surface area contributed by atoms with Crippen molar-refractivity contribution in [3.63, 3.8) is 0 Å². The first kappa shape index (κ1) is 12.3. The number of carbonyl (C=O) groups excluding carboxylic acids is 1. The van der Waals surface area contributed by atoms with E-state index < -0.39 is 5.97 Å². The predicted molar refractivity (Wildman–Crippen MR) is 61.0 cm³/mol. The Morgan fingerprint density at radius 3 is 2.31 bits per heavy atom. The Morgan fingerprint density at radius 1 is 1.31 bits per heavy atom. The molecule has 3 nitrogen and oxygen atoms in total. The third-order valence-electron chi connectivity index (χ3n) is 2.25. The Morgan fingerprint density at radius 2 is 1.88 bits per heavy atom. The zero-order valence-electron chi connectivity index (χ0n) is 9.78. The first-order valence-corrected chi connectivity index (χ1v) is 5.10. The average molecular weight is 217 g/mol. The molecule has 0 aliphatic rings. The summed E-state index contributed by atoms with van der Waals surface area (Å²) in [4.78, 5) is 11.4. The molecule has 0 spiro atoms. The molecule has 0 aliphatic carbocycles. The summed E-state index contributed by atoms with van der Waals surface area (Å²) in [5.41, 5.74) is 1.70. The summed E-state index contributed by atoms with van der Waals surface area (Å²) < 4.78 is 4.70. The van der Waals surface area contributed by atoms with Crippen LogP contribution in [0.1, 0.15) is 36.7 Å². The van der Waals surface area contributed by atoms with Crippen LogP contribution in [0.3, 0.4) is 0 Å².